The van der Waals surface area contributed by atoms with E-state index < -0.39 is 0 Å². The van der Waals surface area contributed by atoms with Crippen LogP contribution in [0, 0.1) is 13.8 Å². The second-order valence-electron chi connectivity index (χ2n) is 7.56. The van der Waals surface area contributed by atoms with Gasteiger partial charge in [0.1, 0.15) is 18.0 Å². The number of imidazole rings is 1. The van der Waals surface area contributed by atoms with Crippen molar-refractivity contribution in [1.29, 1.82) is 0 Å². The lowest BCUT2D eigenvalue weighted by Crippen LogP contribution is -2.44. The summed E-state index contributed by atoms with van der Waals surface area (Å²) < 4.78 is 16.3. The molecule has 9 nitrogen and oxygen atoms in total. The van der Waals surface area contributed by atoms with Gasteiger partial charge in [-0.2, -0.15) is 0 Å². The van der Waals surface area contributed by atoms with Gasteiger partial charge in [0, 0.05) is 39.5 Å². The van der Waals surface area contributed by atoms with Crippen LogP contribution in [0.25, 0.3) is 11.6 Å². The van der Waals surface area contributed by atoms with Crippen molar-refractivity contribution in [3.63, 3.8) is 0 Å². The number of fused-ring (bicyclic) bond motifs is 1. The molecular formula is C18H23N7O2. The number of rotatable bonds is 3. The molecule has 1 atom stereocenters. The molecule has 2 aliphatic heterocycles. The topological polar surface area (TPSA) is 87.0 Å². The van der Waals surface area contributed by atoms with Crippen LogP contribution >= 0.6 is 0 Å². The van der Waals surface area contributed by atoms with Gasteiger partial charge in [0.2, 0.25) is 5.82 Å². The lowest BCUT2D eigenvalue weighted by atomic mass is 10.0. The van der Waals surface area contributed by atoms with Crippen molar-refractivity contribution in [3.8, 4) is 11.6 Å². The number of likely N-dealkylation sites (tertiary alicyclic amines) is 1. The third-order valence-electron chi connectivity index (χ3n) is 5.57. The van der Waals surface area contributed by atoms with Gasteiger partial charge in [0.05, 0.1) is 18.8 Å². The second-order valence-corrected chi connectivity index (χ2v) is 7.56. The first-order chi connectivity index (χ1) is 13.0. The molecule has 0 amide bonds. The summed E-state index contributed by atoms with van der Waals surface area (Å²) in [6, 6.07) is 0. The SMILES string of the molecule is Cc1nc(C)c(-c2nnc3n2CC2(CCN(Cc4nccn4C)C2)OC3)o1. The minimum absolute atomic E-state index is 0.224. The molecule has 1 spiro atoms. The molecule has 9 heteroatoms. The maximum absolute atomic E-state index is 6.28. The smallest absolute Gasteiger partial charge is 0.201 e. The molecule has 142 valence electrons. The van der Waals surface area contributed by atoms with Gasteiger partial charge in [-0.3, -0.25) is 4.90 Å². The summed E-state index contributed by atoms with van der Waals surface area (Å²) >= 11 is 0. The van der Waals surface area contributed by atoms with Crippen molar-refractivity contribution in [3.05, 3.63) is 35.6 Å². The zero-order valence-electron chi connectivity index (χ0n) is 15.8. The van der Waals surface area contributed by atoms with E-state index in [1.165, 1.54) is 0 Å². The molecule has 0 radical (unpaired) electrons. The Bertz CT molecular complexity index is 988. The van der Waals surface area contributed by atoms with Crippen LogP contribution in [-0.4, -0.2) is 52.9 Å². The fraction of sp³-hybridized carbons (Fsp3) is 0.556. The van der Waals surface area contributed by atoms with E-state index in [1.807, 2.05) is 33.3 Å². The Labute approximate surface area is 157 Å². The largest absolute Gasteiger partial charge is 0.437 e. The van der Waals surface area contributed by atoms with Crippen LogP contribution in [0.3, 0.4) is 0 Å². The van der Waals surface area contributed by atoms with Gasteiger partial charge in [-0.1, -0.05) is 0 Å². The molecule has 5 rings (SSSR count). The Morgan fingerprint density at radius 1 is 1.22 bits per heavy atom. The quantitative estimate of drug-likeness (QED) is 0.691. The van der Waals surface area contributed by atoms with E-state index in [9.17, 15) is 0 Å². The van der Waals surface area contributed by atoms with E-state index in [1.54, 1.807) is 0 Å². The summed E-state index contributed by atoms with van der Waals surface area (Å²) in [4.78, 5) is 11.2. The molecule has 3 aromatic heterocycles. The van der Waals surface area contributed by atoms with Crippen molar-refractivity contribution in [1.82, 2.24) is 34.2 Å². The Kier molecular flexibility index (Phi) is 3.70. The van der Waals surface area contributed by atoms with Gasteiger partial charge in [0.25, 0.3) is 0 Å². The molecule has 0 aliphatic carbocycles. The number of nitrogens with zero attached hydrogens (tertiary/aromatic N) is 7. The van der Waals surface area contributed by atoms with Crippen molar-refractivity contribution in [2.45, 2.75) is 45.6 Å². The van der Waals surface area contributed by atoms with E-state index in [0.29, 0.717) is 18.3 Å². The first-order valence-corrected chi connectivity index (χ1v) is 9.22. The normalized spacial score (nSPS) is 22.6. The highest BCUT2D eigenvalue weighted by molar-refractivity contribution is 5.50. The van der Waals surface area contributed by atoms with Crippen LogP contribution in [0.2, 0.25) is 0 Å². The number of oxazole rings is 1. The van der Waals surface area contributed by atoms with Crippen molar-refractivity contribution >= 4 is 0 Å². The molecule has 27 heavy (non-hydrogen) atoms. The maximum atomic E-state index is 6.28. The molecule has 1 unspecified atom stereocenters. The molecule has 1 fully saturated rings. The summed E-state index contributed by atoms with van der Waals surface area (Å²) in [5.74, 6) is 4.00. The first-order valence-electron chi connectivity index (χ1n) is 9.22. The predicted octanol–water partition coefficient (Wildman–Crippen LogP) is 1.46. The average molecular weight is 369 g/mol. The molecule has 3 aromatic rings. The number of aromatic nitrogens is 6. The molecule has 5 heterocycles. The molecule has 0 aromatic carbocycles. The van der Waals surface area contributed by atoms with Gasteiger partial charge >= 0.3 is 0 Å². The van der Waals surface area contributed by atoms with Crippen LogP contribution in [-0.2, 0) is 31.5 Å². The van der Waals surface area contributed by atoms with Gasteiger partial charge in [0.15, 0.2) is 17.5 Å². The Balaban J connectivity index is 1.39. The van der Waals surface area contributed by atoms with Gasteiger partial charge in [-0.15, -0.1) is 10.2 Å². The van der Waals surface area contributed by atoms with E-state index in [2.05, 4.69) is 34.2 Å². The number of ether oxygens (including phenoxy) is 1. The lowest BCUT2D eigenvalue weighted by molar-refractivity contribution is -0.0823. The summed E-state index contributed by atoms with van der Waals surface area (Å²) in [5, 5.41) is 8.66. The van der Waals surface area contributed by atoms with Crippen LogP contribution in [0.5, 0.6) is 0 Å². The van der Waals surface area contributed by atoms with Crippen molar-refractivity contribution in [2.24, 2.45) is 7.05 Å². The standard InChI is InChI=1S/C18H23N7O2/c1-12-16(27-13(2)20-12)17-22-21-15-9-26-18(11-25(15)17)4-6-24(10-18)8-14-19-5-7-23(14)3/h5,7H,4,6,8-11H2,1-3H3. The van der Waals surface area contributed by atoms with Crippen LogP contribution in [0.15, 0.2) is 16.8 Å². The van der Waals surface area contributed by atoms with Crippen LogP contribution < -0.4 is 0 Å². The number of hydrogen-bond donors (Lipinski definition) is 0. The molecule has 0 N–H and O–H groups in total. The van der Waals surface area contributed by atoms with E-state index in [4.69, 9.17) is 9.15 Å². The minimum Gasteiger partial charge on any atom is -0.437 e. The van der Waals surface area contributed by atoms with Crippen LogP contribution in [0.4, 0.5) is 0 Å². The molecular weight excluding hydrogens is 346 g/mol. The first kappa shape index (κ1) is 16.6. The molecule has 0 bridgehead atoms. The second kappa shape index (κ2) is 6.00. The Hall–Kier alpha value is -2.52. The zero-order chi connectivity index (χ0) is 18.6. The molecule has 0 saturated carbocycles. The summed E-state index contributed by atoms with van der Waals surface area (Å²) in [6.07, 6.45) is 4.80. The van der Waals surface area contributed by atoms with Crippen molar-refractivity contribution in [2.75, 3.05) is 13.1 Å². The summed E-state index contributed by atoms with van der Waals surface area (Å²) in [5.41, 5.74) is 0.615. The van der Waals surface area contributed by atoms with E-state index in [-0.39, 0.29) is 5.60 Å². The highest BCUT2D eigenvalue weighted by Crippen LogP contribution is 2.35. The Morgan fingerprint density at radius 3 is 2.85 bits per heavy atom. The number of aryl methyl sites for hydroxylation is 3. The third-order valence-corrected chi connectivity index (χ3v) is 5.57. The third kappa shape index (κ3) is 2.78. The fourth-order valence-electron chi connectivity index (χ4n) is 4.12. The summed E-state index contributed by atoms with van der Waals surface area (Å²) in [7, 11) is 2.03. The van der Waals surface area contributed by atoms with Gasteiger partial charge in [-0.05, 0) is 13.3 Å². The summed E-state index contributed by atoms with van der Waals surface area (Å²) in [6.45, 7) is 7.66. The highest BCUT2D eigenvalue weighted by Gasteiger charge is 2.44. The van der Waals surface area contributed by atoms with Crippen molar-refractivity contribution < 1.29 is 9.15 Å². The monoisotopic (exact) mass is 369 g/mol. The lowest BCUT2D eigenvalue weighted by Gasteiger charge is -2.34. The van der Waals surface area contributed by atoms with Gasteiger partial charge < -0.3 is 18.3 Å². The number of hydrogen-bond acceptors (Lipinski definition) is 7. The minimum atomic E-state index is -0.224. The average Bonchev–Trinajstić information content (AvgIpc) is 3.38. The zero-order valence-corrected chi connectivity index (χ0v) is 15.8. The van der Waals surface area contributed by atoms with Crippen LogP contribution in [0.1, 0.15) is 29.7 Å². The Morgan fingerprint density at radius 2 is 2.11 bits per heavy atom. The van der Waals surface area contributed by atoms with Gasteiger partial charge in [-0.25, -0.2) is 9.97 Å². The van der Waals surface area contributed by atoms with E-state index >= 15 is 0 Å². The maximum Gasteiger partial charge on any atom is 0.201 e. The molecule has 2 aliphatic rings. The van der Waals surface area contributed by atoms with E-state index in [0.717, 1.165) is 55.8 Å². The fourth-order valence-corrected chi connectivity index (χ4v) is 4.12. The predicted molar refractivity (Wildman–Crippen MR) is 95.6 cm³/mol. The highest BCUT2D eigenvalue weighted by atomic mass is 16.5. The molecule has 1 saturated heterocycles.